The van der Waals surface area contributed by atoms with Crippen LogP contribution in [0.2, 0.25) is 0 Å². The van der Waals surface area contributed by atoms with E-state index in [2.05, 4.69) is 0 Å². The van der Waals surface area contributed by atoms with Crippen LogP contribution in [0.1, 0.15) is 31.2 Å². The van der Waals surface area contributed by atoms with Gasteiger partial charge in [0.15, 0.2) is 0 Å². The molecule has 1 fully saturated rings. The Kier molecular flexibility index (Phi) is 8.05. The minimum absolute atomic E-state index is 0.0496. The molecule has 0 spiro atoms. The van der Waals surface area contributed by atoms with Gasteiger partial charge in [-0.2, -0.15) is 8.78 Å². The van der Waals surface area contributed by atoms with Crippen molar-refractivity contribution in [1.29, 1.82) is 0 Å². The van der Waals surface area contributed by atoms with Crippen molar-refractivity contribution < 1.29 is 37.4 Å². The fourth-order valence-electron chi connectivity index (χ4n) is 3.35. The summed E-state index contributed by atoms with van der Waals surface area (Å²) in [5.41, 5.74) is -0.354. The molecular formula is C21H26F4N2O4. The van der Waals surface area contributed by atoms with Crippen LogP contribution in [-0.4, -0.2) is 70.2 Å². The van der Waals surface area contributed by atoms with E-state index in [1.807, 2.05) is 0 Å². The van der Waals surface area contributed by atoms with Gasteiger partial charge in [0.2, 0.25) is 5.92 Å². The van der Waals surface area contributed by atoms with E-state index in [1.54, 1.807) is 6.07 Å². The van der Waals surface area contributed by atoms with Crippen molar-refractivity contribution >= 4 is 12.0 Å². The molecule has 2 N–H and O–H groups in total. The summed E-state index contributed by atoms with van der Waals surface area (Å²) in [4.78, 5) is 25.4. The lowest BCUT2D eigenvalue weighted by Gasteiger charge is -2.24. The molecule has 0 bridgehead atoms. The summed E-state index contributed by atoms with van der Waals surface area (Å²) in [5.74, 6) is -8.03. The van der Waals surface area contributed by atoms with Gasteiger partial charge in [-0.3, -0.25) is 4.79 Å². The van der Waals surface area contributed by atoms with E-state index in [4.69, 9.17) is 5.11 Å². The molecule has 0 saturated carbocycles. The van der Waals surface area contributed by atoms with Crippen molar-refractivity contribution in [3.63, 3.8) is 0 Å². The summed E-state index contributed by atoms with van der Waals surface area (Å²) in [5, 5.41) is 18.5. The molecule has 0 aliphatic carbocycles. The number of alkyl halides is 4. The number of carboxylic acid groups (broad SMARTS) is 1. The van der Waals surface area contributed by atoms with Crippen LogP contribution in [0.25, 0.3) is 0 Å². The van der Waals surface area contributed by atoms with E-state index in [0.29, 0.717) is 0 Å². The highest BCUT2D eigenvalue weighted by atomic mass is 19.3. The maximum atomic E-state index is 14.4. The second-order valence-electron chi connectivity index (χ2n) is 7.60. The Morgan fingerprint density at radius 2 is 1.87 bits per heavy atom. The molecule has 0 aromatic heterocycles. The van der Waals surface area contributed by atoms with Crippen molar-refractivity contribution in [2.75, 3.05) is 20.1 Å². The molecule has 1 aromatic carbocycles. The average molecular weight is 446 g/mol. The second-order valence-corrected chi connectivity index (χ2v) is 7.60. The molecule has 2 rings (SSSR count). The van der Waals surface area contributed by atoms with Crippen LogP contribution >= 0.6 is 0 Å². The summed E-state index contributed by atoms with van der Waals surface area (Å²) < 4.78 is 56.4. The fraction of sp³-hybridized carbons (Fsp3) is 0.524. The van der Waals surface area contributed by atoms with Crippen LogP contribution in [0.3, 0.4) is 0 Å². The molecule has 1 saturated heterocycles. The van der Waals surface area contributed by atoms with Gasteiger partial charge in [0, 0.05) is 38.5 Å². The Morgan fingerprint density at radius 1 is 1.23 bits per heavy atom. The smallest absolute Gasteiger partial charge is 0.320 e. The Labute approximate surface area is 177 Å². The van der Waals surface area contributed by atoms with E-state index >= 15 is 0 Å². The molecular weight excluding hydrogens is 420 g/mol. The number of aliphatic carboxylic acids is 1. The quantitative estimate of drug-likeness (QED) is 0.401. The Bertz CT molecular complexity index is 789. The highest BCUT2D eigenvalue weighted by Crippen LogP contribution is 2.33. The number of aliphatic hydroxyl groups is 1. The number of hydrogen-bond donors (Lipinski definition) is 2. The first-order chi connectivity index (χ1) is 14.4. The summed E-state index contributed by atoms with van der Waals surface area (Å²) >= 11 is 0. The first-order valence-corrected chi connectivity index (χ1v) is 9.85. The zero-order valence-corrected chi connectivity index (χ0v) is 17.1. The minimum atomic E-state index is -3.54. The molecule has 172 valence electrons. The largest absolute Gasteiger partial charge is 0.481 e. The number of halogens is 4. The lowest BCUT2D eigenvalue weighted by atomic mass is 10.0. The third-order valence-electron chi connectivity index (χ3n) is 5.13. The number of likely N-dealkylation sites (N-methyl/N-ethyl adjacent to an activating group) is 1. The summed E-state index contributed by atoms with van der Waals surface area (Å²) in [6.07, 6.45) is -2.06. The Morgan fingerprint density at radius 3 is 2.48 bits per heavy atom. The number of carbonyl (C=O) groups excluding carboxylic acids is 1. The lowest BCUT2D eigenvalue weighted by molar-refractivity contribution is -0.139. The lowest BCUT2D eigenvalue weighted by Crippen LogP contribution is -2.36. The first kappa shape index (κ1) is 24.6. The zero-order chi connectivity index (χ0) is 23.2. The molecule has 6 nitrogen and oxygen atoms in total. The van der Waals surface area contributed by atoms with E-state index < -0.39 is 55.3 Å². The molecule has 1 aliphatic heterocycles. The van der Waals surface area contributed by atoms with Crippen molar-refractivity contribution in [3.05, 3.63) is 48.0 Å². The van der Waals surface area contributed by atoms with Crippen LogP contribution < -0.4 is 0 Å². The topological polar surface area (TPSA) is 81.1 Å². The molecule has 2 atom stereocenters. The summed E-state index contributed by atoms with van der Waals surface area (Å²) in [7, 11) is 1.50. The van der Waals surface area contributed by atoms with E-state index in [0.717, 1.165) is 6.08 Å². The molecule has 1 heterocycles. The number of urea groups is 1. The highest BCUT2D eigenvalue weighted by molar-refractivity contribution is 5.77. The first-order valence-electron chi connectivity index (χ1n) is 9.85. The van der Waals surface area contributed by atoms with Crippen LogP contribution in [0.15, 0.2) is 42.5 Å². The Balaban J connectivity index is 1.99. The van der Waals surface area contributed by atoms with Crippen LogP contribution in [0, 0.1) is 0 Å². The molecule has 0 radical (unpaired) electrons. The van der Waals surface area contributed by atoms with Crippen LogP contribution in [-0.2, 0) is 10.7 Å². The van der Waals surface area contributed by atoms with Gasteiger partial charge >= 0.3 is 17.9 Å². The number of carbonyl (C=O) groups is 2. The number of nitrogens with zero attached hydrogens (tertiary/aromatic N) is 2. The van der Waals surface area contributed by atoms with E-state index in [1.165, 1.54) is 47.2 Å². The van der Waals surface area contributed by atoms with Crippen LogP contribution in [0.5, 0.6) is 0 Å². The maximum absolute atomic E-state index is 14.4. The summed E-state index contributed by atoms with van der Waals surface area (Å²) in [6, 6.07) is 5.72. The third kappa shape index (κ3) is 6.68. The second kappa shape index (κ2) is 10.1. The molecule has 10 heteroatoms. The number of benzene rings is 1. The predicted molar refractivity (Wildman–Crippen MR) is 105 cm³/mol. The molecule has 2 amide bonds. The monoisotopic (exact) mass is 446 g/mol. The van der Waals surface area contributed by atoms with Gasteiger partial charge in [0.25, 0.3) is 0 Å². The van der Waals surface area contributed by atoms with Gasteiger partial charge in [-0.05, 0) is 6.42 Å². The van der Waals surface area contributed by atoms with Crippen molar-refractivity contribution in [2.45, 2.75) is 49.7 Å². The molecule has 1 unspecified atom stereocenters. The van der Waals surface area contributed by atoms with Gasteiger partial charge in [0.1, 0.15) is 6.10 Å². The molecule has 1 aromatic rings. The number of carboxylic acids is 1. The maximum Gasteiger partial charge on any atom is 0.320 e. The van der Waals surface area contributed by atoms with Gasteiger partial charge in [-0.25, -0.2) is 13.6 Å². The predicted octanol–water partition coefficient (Wildman–Crippen LogP) is 3.71. The zero-order valence-electron chi connectivity index (χ0n) is 17.1. The van der Waals surface area contributed by atoms with Gasteiger partial charge in [-0.15, -0.1) is 0 Å². The van der Waals surface area contributed by atoms with Crippen molar-refractivity contribution in [3.8, 4) is 0 Å². The fourth-order valence-corrected chi connectivity index (χ4v) is 3.35. The van der Waals surface area contributed by atoms with Crippen LogP contribution in [0.4, 0.5) is 22.4 Å². The summed E-state index contributed by atoms with van der Waals surface area (Å²) in [6.45, 7) is 0.111. The minimum Gasteiger partial charge on any atom is -0.481 e. The van der Waals surface area contributed by atoms with Gasteiger partial charge in [0.05, 0.1) is 12.5 Å². The average Bonchev–Trinajstić information content (AvgIpc) is 2.98. The Hall–Kier alpha value is -2.62. The van der Waals surface area contributed by atoms with Crippen molar-refractivity contribution in [1.82, 2.24) is 9.80 Å². The van der Waals surface area contributed by atoms with Gasteiger partial charge < -0.3 is 20.0 Å². The van der Waals surface area contributed by atoms with Gasteiger partial charge in [-0.1, -0.05) is 42.5 Å². The number of amides is 2. The third-order valence-corrected chi connectivity index (χ3v) is 5.13. The molecule has 31 heavy (non-hydrogen) atoms. The number of rotatable bonds is 11. The standard InChI is InChI=1S/C21H26F4N2O4/c1-26-14-16(8-9-17(28)21(24,25)15-6-3-2-4-7-15)27(19(26)31)13-5-11-20(22,23)12-10-18(29)30/h2-4,6-9,16-17,28H,5,10-14H2,1H3,(H,29,30)/t16-,17?/m0/s1. The normalized spacial score (nSPS) is 18.8. The van der Waals surface area contributed by atoms with Crippen molar-refractivity contribution in [2.24, 2.45) is 0 Å². The van der Waals surface area contributed by atoms with E-state index in [9.17, 15) is 32.3 Å². The number of aliphatic hydroxyl groups excluding tert-OH is 1. The number of hydrogen-bond acceptors (Lipinski definition) is 3. The van der Waals surface area contributed by atoms with E-state index in [-0.39, 0.29) is 25.1 Å². The highest BCUT2D eigenvalue weighted by Gasteiger charge is 2.40. The molecule has 1 aliphatic rings. The SMILES string of the molecule is CN1C[C@H](C=CC(O)C(F)(F)c2ccccc2)N(CCCC(F)(F)CCC(=O)O)C1=O.